The second-order valence-electron chi connectivity index (χ2n) is 3.77. The number of benzene rings is 1. The number of hydrogen-bond acceptors (Lipinski definition) is 1. The molecule has 1 radical (unpaired) electrons. The van der Waals surface area contributed by atoms with Gasteiger partial charge in [0.05, 0.1) is 0 Å². The summed E-state index contributed by atoms with van der Waals surface area (Å²) in [4.78, 5) is 0. The van der Waals surface area contributed by atoms with Gasteiger partial charge < -0.3 is 0 Å². The van der Waals surface area contributed by atoms with Crippen molar-refractivity contribution >= 4 is 13.1 Å². The number of hydrogen-bond donors (Lipinski definition) is 0. The average Bonchev–Trinajstić information content (AvgIpc) is 2.01. The summed E-state index contributed by atoms with van der Waals surface area (Å²) in [5, 5.41) is 0.988. The van der Waals surface area contributed by atoms with Crippen LogP contribution in [0.2, 0.25) is 0 Å². The molecule has 0 spiro atoms. The topological polar surface area (TPSA) is 17.1 Å². The fraction of sp³-hybridized carbons (Fsp3) is 0.455. The largest absolute Gasteiger partial charge is 0.282 e. The first-order chi connectivity index (χ1) is 6.00. The molecule has 0 aliphatic carbocycles. The van der Waals surface area contributed by atoms with Crippen LogP contribution < -0.4 is 5.30 Å². The molecule has 1 atom stereocenters. The van der Waals surface area contributed by atoms with Crippen LogP contribution in [0.15, 0.2) is 18.2 Å². The van der Waals surface area contributed by atoms with Gasteiger partial charge in [0.2, 0.25) is 0 Å². The van der Waals surface area contributed by atoms with Crippen molar-refractivity contribution in [1.82, 2.24) is 0 Å². The van der Waals surface area contributed by atoms with Crippen LogP contribution in [0.3, 0.4) is 0 Å². The Hall–Kier alpha value is -0.680. The van der Waals surface area contributed by atoms with E-state index in [4.69, 9.17) is 0 Å². The Morgan fingerprint density at radius 3 is 1.92 bits per heavy atom. The van der Waals surface area contributed by atoms with Gasteiger partial charge in [-0.1, -0.05) is 19.9 Å². The standard InChI is InChI=1S/C11H16OP/c1-8(2)13(12)11-6-9(3)5-10(4)7-11/h5-8H,1-4H3. The molecule has 2 heteroatoms. The quantitative estimate of drug-likeness (QED) is 0.662. The highest BCUT2D eigenvalue weighted by Crippen LogP contribution is 2.27. The molecule has 0 saturated heterocycles. The van der Waals surface area contributed by atoms with Gasteiger partial charge in [0.25, 0.3) is 0 Å². The lowest BCUT2D eigenvalue weighted by Gasteiger charge is -2.06. The molecule has 71 valence electrons. The average molecular weight is 195 g/mol. The third kappa shape index (κ3) is 2.63. The maximum absolute atomic E-state index is 11.8. The van der Waals surface area contributed by atoms with Crippen molar-refractivity contribution in [3.63, 3.8) is 0 Å². The van der Waals surface area contributed by atoms with Crippen LogP contribution in [-0.4, -0.2) is 5.66 Å². The van der Waals surface area contributed by atoms with E-state index in [-0.39, 0.29) is 5.66 Å². The van der Waals surface area contributed by atoms with E-state index in [0.29, 0.717) is 0 Å². The Kier molecular flexibility index (Phi) is 3.22. The molecule has 0 amide bonds. The van der Waals surface area contributed by atoms with Crippen LogP contribution in [-0.2, 0) is 4.57 Å². The number of aryl methyl sites for hydroxylation is 2. The monoisotopic (exact) mass is 195 g/mol. The lowest BCUT2D eigenvalue weighted by atomic mass is 10.2. The zero-order chi connectivity index (χ0) is 10.0. The molecule has 0 bridgehead atoms. The van der Waals surface area contributed by atoms with E-state index < -0.39 is 7.80 Å². The summed E-state index contributed by atoms with van der Waals surface area (Å²) in [6.45, 7) is 8.08. The highest BCUT2D eigenvalue weighted by Gasteiger charge is 2.09. The first-order valence-corrected chi connectivity index (χ1v) is 5.88. The molecule has 1 unspecified atom stereocenters. The van der Waals surface area contributed by atoms with Crippen LogP contribution in [0.1, 0.15) is 25.0 Å². The van der Waals surface area contributed by atoms with Crippen molar-refractivity contribution in [2.75, 3.05) is 0 Å². The van der Waals surface area contributed by atoms with E-state index in [1.807, 2.05) is 39.8 Å². The molecule has 0 N–H and O–H groups in total. The molecular formula is C11H16OP. The lowest BCUT2D eigenvalue weighted by Crippen LogP contribution is -2.03. The molecule has 1 nitrogen and oxygen atoms in total. The molecular weight excluding hydrogens is 179 g/mol. The molecule has 1 rings (SSSR count). The second kappa shape index (κ2) is 4.02. The van der Waals surface area contributed by atoms with Gasteiger partial charge in [0, 0.05) is 11.0 Å². The molecule has 0 aromatic heterocycles. The molecule has 0 saturated carbocycles. The summed E-state index contributed by atoms with van der Waals surface area (Å²) < 4.78 is 11.8. The fourth-order valence-corrected chi connectivity index (χ4v) is 2.63. The molecule has 1 aromatic rings. The summed E-state index contributed by atoms with van der Waals surface area (Å²) in [5.74, 6) is 0. The smallest absolute Gasteiger partial charge is 0.106 e. The Labute approximate surface area is 81.0 Å². The summed E-state index contributed by atoms with van der Waals surface area (Å²) in [7, 11) is -1.22. The SMILES string of the molecule is Cc1cc(C)cc([P](=O)C(C)C)c1. The van der Waals surface area contributed by atoms with Gasteiger partial charge in [-0.2, -0.15) is 0 Å². The maximum atomic E-state index is 11.8. The third-order valence-electron chi connectivity index (χ3n) is 1.93. The van der Waals surface area contributed by atoms with E-state index in [9.17, 15) is 4.57 Å². The van der Waals surface area contributed by atoms with E-state index in [1.54, 1.807) is 0 Å². The maximum Gasteiger partial charge on any atom is 0.106 e. The van der Waals surface area contributed by atoms with Gasteiger partial charge in [-0.05, 0) is 37.1 Å². The summed E-state index contributed by atoms with van der Waals surface area (Å²) in [6.07, 6.45) is 0. The van der Waals surface area contributed by atoms with Crippen molar-refractivity contribution in [3.8, 4) is 0 Å². The Bertz CT molecular complexity index is 309. The zero-order valence-corrected chi connectivity index (χ0v) is 9.56. The van der Waals surface area contributed by atoms with Gasteiger partial charge in [-0.25, -0.2) is 0 Å². The minimum absolute atomic E-state index is 0.233. The minimum atomic E-state index is -1.22. The van der Waals surface area contributed by atoms with E-state index in [0.717, 1.165) is 5.30 Å². The summed E-state index contributed by atoms with van der Waals surface area (Å²) >= 11 is 0. The van der Waals surface area contributed by atoms with Gasteiger partial charge in [0.1, 0.15) is 7.80 Å². The van der Waals surface area contributed by atoms with Crippen LogP contribution >= 0.6 is 7.80 Å². The normalized spacial score (nSPS) is 11.9. The summed E-state index contributed by atoms with van der Waals surface area (Å²) in [5.41, 5.74) is 2.62. The number of rotatable bonds is 2. The molecule has 0 fully saturated rings. The molecule has 0 aliphatic heterocycles. The van der Waals surface area contributed by atoms with E-state index in [2.05, 4.69) is 6.07 Å². The van der Waals surface area contributed by atoms with E-state index >= 15 is 0 Å². The van der Waals surface area contributed by atoms with Crippen LogP contribution in [0.5, 0.6) is 0 Å². The Morgan fingerprint density at radius 2 is 1.54 bits per heavy atom. The Balaban J connectivity index is 3.08. The lowest BCUT2D eigenvalue weighted by molar-refractivity contribution is 0.588. The minimum Gasteiger partial charge on any atom is -0.282 e. The molecule has 0 aliphatic rings. The molecule has 13 heavy (non-hydrogen) atoms. The van der Waals surface area contributed by atoms with Crippen molar-refractivity contribution in [3.05, 3.63) is 29.3 Å². The fourth-order valence-electron chi connectivity index (χ4n) is 1.38. The summed E-state index contributed by atoms with van der Waals surface area (Å²) in [6, 6.07) is 6.14. The highest BCUT2D eigenvalue weighted by molar-refractivity contribution is 7.54. The van der Waals surface area contributed by atoms with Crippen LogP contribution in [0, 0.1) is 13.8 Å². The second-order valence-corrected chi connectivity index (χ2v) is 5.97. The van der Waals surface area contributed by atoms with Gasteiger partial charge in [0.15, 0.2) is 0 Å². The van der Waals surface area contributed by atoms with Crippen molar-refractivity contribution in [1.29, 1.82) is 0 Å². The predicted molar refractivity (Wildman–Crippen MR) is 58.3 cm³/mol. The molecule has 1 aromatic carbocycles. The van der Waals surface area contributed by atoms with Gasteiger partial charge >= 0.3 is 0 Å². The predicted octanol–water partition coefficient (Wildman–Crippen LogP) is 3.16. The van der Waals surface area contributed by atoms with Crippen molar-refractivity contribution in [2.45, 2.75) is 33.4 Å². The first-order valence-electron chi connectivity index (χ1n) is 4.55. The van der Waals surface area contributed by atoms with Crippen molar-refractivity contribution < 1.29 is 4.57 Å². The van der Waals surface area contributed by atoms with Crippen LogP contribution in [0.4, 0.5) is 0 Å². The Morgan fingerprint density at radius 1 is 1.08 bits per heavy atom. The molecule has 0 heterocycles. The van der Waals surface area contributed by atoms with Gasteiger partial charge in [-0.3, -0.25) is 4.57 Å². The highest BCUT2D eigenvalue weighted by atomic mass is 31.1. The van der Waals surface area contributed by atoms with Crippen molar-refractivity contribution in [2.24, 2.45) is 0 Å². The van der Waals surface area contributed by atoms with Crippen LogP contribution in [0.25, 0.3) is 0 Å². The zero-order valence-electron chi connectivity index (χ0n) is 8.66. The first kappa shape index (κ1) is 10.4. The van der Waals surface area contributed by atoms with Gasteiger partial charge in [-0.15, -0.1) is 0 Å². The third-order valence-corrected chi connectivity index (χ3v) is 3.64. The van der Waals surface area contributed by atoms with E-state index in [1.165, 1.54) is 11.1 Å².